The third kappa shape index (κ3) is 6.85. The summed E-state index contributed by atoms with van der Waals surface area (Å²) in [5, 5.41) is 7.03. The van der Waals surface area contributed by atoms with Gasteiger partial charge in [0.2, 0.25) is 0 Å². The molecule has 1 aromatic heterocycles. The lowest BCUT2D eigenvalue weighted by Crippen LogP contribution is -2.33. The van der Waals surface area contributed by atoms with E-state index in [1.165, 1.54) is 16.8 Å². The van der Waals surface area contributed by atoms with Gasteiger partial charge in [-0.2, -0.15) is 5.10 Å². The average Bonchev–Trinajstić information content (AvgIpc) is 2.66. The van der Waals surface area contributed by atoms with E-state index in [1.807, 2.05) is 38.1 Å². The van der Waals surface area contributed by atoms with Crippen molar-refractivity contribution in [3.05, 3.63) is 63.6 Å². The number of nitrogens with zero attached hydrogens (tertiary/aromatic N) is 2. The number of ether oxygens (including phenoxy) is 1. The average molecular weight is 399 g/mol. The molecule has 0 aliphatic rings. The van der Waals surface area contributed by atoms with Crippen molar-refractivity contribution in [3.8, 4) is 0 Å². The van der Waals surface area contributed by atoms with Crippen LogP contribution in [-0.4, -0.2) is 27.8 Å². The van der Waals surface area contributed by atoms with Crippen molar-refractivity contribution in [2.45, 2.75) is 65.6 Å². The number of aryl methyl sites for hydroxylation is 2. The normalized spacial score (nSPS) is 11.9. The predicted molar refractivity (Wildman–Crippen MR) is 111 cm³/mol. The fourth-order valence-electron chi connectivity index (χ4n) is 2.80. The molecule has 1 heterocycles. The molecule has 7 nitrogen and oxygen atoms in total. The first-order chi connectivity index (χ1) is 13.8. The number of rotatable bonds is 9. The number of hydrogen-bond donors (Lipinski definition) is 1. The van der Waals surface area contributed by atoms with Crippen LogP contribution in [0.15, 0.2) is 41.2 Å². The molecule has 156 valence electrons. The van der Waals surface area contributed by atoms with E-state index < -0.39 is 17.9 Å². The third-order valence-corrected chi connectivity index (χ3v) is 4.35. The van der Waals surface area contributed by atoms with Crippen LogP contribution in [0.25, 0.3) is 0 Å². The van der Waals surface area contributed by atoms with Crippen LogP contribution in [0.1, 0.15) is 67.7 Å². The summed E-state index contributed by atoms with van der Waals surface area (Å²) in [6.45, 7) is 8.00. The van der Waals surface area contributed by atoms with E-state index in [2.05, 4.69) is 10.4 Å². The molecule has 0 saturated carbocycles. The van der Waals surface area contributed by atoms with E-state index in [-0.39, 0.29) is 23.8 Å². The molecule has 0 spiro atoms. The quantitative estimate of drug-likeness (QED) is 0.654. The number of carbonyl (C=O) groups is 2. The Labute approximate surface area is 171 Å². The number of benzene rings is 1. The van der Waals surface area contributed by atoms with Crippen LogP contribution in [0.5, 0.6) is 0 Å². The lowest BCUT2D eigenvalue weighted by molar-refractivity contribution is -0.147. The highest BCUT2D eigenvalue weighted by Crippen LogP contribution is 2.19. The topological polar surface area (TPSA) is 90.3 Å². The van der Waals surface area contributed by atoms with Crippen molar-refractivity contribution in [2.75, 3.05) is 0 Å². The summed E-state index contributed by atoms with van der Waals surface area (Å²) in [6.07, 6.45) is 1.48. The second kappa shape index (κ2) is 10.5. The number of nitrogens with one attached hydrogen (secondary N) is 1. The zero-order chi connectivity index (χ0) is 21.4. The smallest absolute Gasteiger partial charge is 0.308 e. The van der Waals surface area contributed by atoms with E-state index in [1.54, 1.807) is 13.8 Å². The van der Waals surface area contributed by atoms with Gasteiger partial charge >= 0.3 is 5.97 Å². The molecular weight excluding hydrogens is 370 g/mol. The van der Waals surface area contributed by atoms with Crippen molar-refractivity contribution in [1.82, 2.24) is 15.1 Å². The van der Waals surface area contributed by atoms with E-state index >= 15 is 0 Å². The summed E-state index contributed by atoms with van der Waals surface area (Å²) in [5.41, 5.74) is 1.76. The first-order valence-electron chi connectivity index (χ1n) is 9.95. The largest absolute Gasteiger partial charge is 0.463 e. The Kier molecular flexibility index (Phi) is 8.12. The van der Waals surface area contributed by atoms with Crippen LogP contribution in [0, 0.1) is 6.92 Å². The van der Waals surface area contributed by atoms with Gasteiger partial charge in [0.1, 0.15) is 5.69 Å². The molecule has 7 heteroatoms. The molecule has 1 N–H and O–H groups in total. The molecule has 1 amide bonds. The molecule has 1 unspecified atom stereocenters. The van der Waals surface area contributed by atoms with Crippen molar-refractivity contribution < 1.29 is 14.3 Å². The minimum atomic E-state index is -0.563. The maximum absolute atomic E-state index is 12.8. The number of hydrogen-bond acceptors (Lipinski definition) is 5. The molecule has 0 aliphatic carbocycles. The summed E-state index contributed by atoms with van der Waals surface area (Å²) in [5.74, 6) is -0.843. The van der Waals surface area contributed by atoms with Gasteiger partial charge in [0.05, 0.1) is 18.6 Å². The van der Waals surface area contributed by atoms with Crippen LogP contribution in [0.4, 0.5) is 0 Å². The van der Waals surface area contributed by atoms with Gasteiger partial charge in [-0.1, -0.05) is 43.2 Å². The SMILES string of the molecule is CCCCn1nc(C(=O)NC(CC(=O)OC(C)C)c2ccc(C)cc2)ccc1=O. The van der Waals surface area contributed by atoms with Gasteiger partial charge in [0.15, 0.2) is 0 Å². The highest BCUT2D eigenvalue weighted by molar-refractivity contribution is 5.92. The van der Waals surface area contributed by atoms with Gasteiger partial charge in [-0.05, 0) is 38.8 Å². The molecule has 1 atom stereocenters. The standard InChI is InChI=1S/C22H29N3O4/c1-5-6-13-25-20(26)12-11-18(24-25)22(28)23-19(14-21(27)29-15(2)3)17-9-7-16(4)8-10-17/h7-12,15,19H,5-6,13-14H2,1-4H3,(H,23,28). The Morgan fingerprint density at radius 3 is 2.45 bits per heavy atom. The fourth-order valence-corrected chi connectivity index (χ4v) is 2.80. The number of amides is 1. The van der Waals surface area contributed by atoms with Gasteiger partial charge in [-0.15, -0.1) is 0 Å². The Morgan fingerprint density at radius 2 is 1.83 bits per heavy atom. The maximum Gasteiger partial charge on any atom is 0.308 e. The first-order valence-corrected chi connectivity index (χ1v) is 9.95. The molecule has 29 heavy (non-hydrogen) atoms. The minimum absolute atomic E-state index is 0.00244. The molecule has 0 saturated heterocycles. The number of carbonyl (C=O) groups excluding carboxylic acids is 2. The molecule has 2 aromatic rings. The summed E-state index contributed by atoms with van der Waals surface area (Å²) in [6, 6.07) is 9.77. The van der Waals surface area contributed by atoms with Crippen LogP contribution in [0.3, 0.4) is 0 Å². The summed E-state index contributed by atoms with van der Waals surface area (Å²) >= 11 is 0. The van der Waals surface area contributed by atoms with Crippen LogP contribution >= 0.6 is 0 Å². The highest BCUT2D eigenvalue weighted by Gasteiger charge is 2.22. The van der Waals surface area contributed by atoms with E-state index in [0.717, 1.165) is 24.0 Å². The number of aromatic nitrogens is 2. The first kappa shape index (κ1) is 22.3. The molecule has 0 bridgehead atoms. The minimum Gasteiger partial charge on any atom is -0.463 e. The maximum atomic E-state index is 12.8. The van der Waals surface area contributed by atoms with Gasteiger partial charge in [0, 0.05) is 12.6 Å². The fraction of sp³-hybridized carbons (Fsp3) is 0.455. The highest BCUT2D eigenvalue weighted by atomic mass is 16.5. The van der Waals surface area contributed by atoms with Crippen molar-refractivity contribution in [1.29, 1.82) is 0 Å². The van der Waals surface area contributed by atoms with Crippen molar-refractivity contribution in [2.24, 2.45) is 0 Å². The zero-order valence-corrected chi connectivity index (χ0v) is 17.5. The third-order valence-electron chi connectivity index (χ3n) is 4.35. The van der Waals surface area contributed by atoms with Crippen LogP contribution < -0.4 is 10.9 Å². The Hall–Kier alpha value is -2.96. The molecule has 2 rings (SSSR count). The lowest BCUT2D eigenvalue weighted by atomic mass is 10.0. The Bertz CT molecular complexity index is 888. The van der Waals surface area contributed by atoms with Gasteiger partial charge in [-0.3, -0.25) is 14.4 Å². The second-order valence-corrected chi connectivity index (χ2v) is 7.31. The van der Waals surface area contributed by atoms with E-state index in [4.69, 9.17) is 4.74 Å². The molecule has 1 aromatic carbocycles. The molecule has 0 fully saturated rings. The van der Waals surface area contributed by atoms with Gasteiger partial charge < -0.3 is 10.1 Å². The summed E-state index contributed by atoms with van der Waals surface area (Å²) < 4.78 is 6.54. The Morgan fingerprint density at radius 1 is 1.14 bits per heavy atom. The molecular formula is C22H29N3O4. The van der Waals surface area contributed by atoms with Crippen molar-refractivity contribution in [3.63, 3.8) is 0 Å². The number of esters is 1. The van der Waals surface area contributed by atoms with Crippen molar-refractivity contribution >= 4 is 11.9 Å². The molecule has 0 aliphatic heterocycles. The van der Waals surface area contributed by atoms with Gasteiger partial charge in [0.25, 0.3) is 11.5 Å². The van der Waals surface area contributed by atoms with E-state index in [0.29, 0.717) is 6.54 Å². The van der Waals surface area contributed by atoms with E-state index in [9.17, 15) is 14.4 Å². The lowest BCUT2D eigenvalue weighted by Gasteiger charge is -2.19. The second-order valence-electron chi connectivity index (χ2n) is 7.31. The monoisotopic (exact) mass is 399 g/mol. The number of unbranched alkanes of at least 4 members (excludes halogenated alkanes) is 1. The van der Waals surface area contributed by atoms with Crippen LogP contribution in [0.2, 0.25) is 0 Å². The summed E-state index contributed by atoms with van der Waals surface area (Å²) in [7, 11) is 0. The molecule has 0 radical (unpaired) electrons. The van der Waals surface area contributed by atoms with Crippen LogP contribution in [-0.2, 0) is 16.1 Å². The Balaban J connectivity index is 2.23. The van der Waals surface area contributed by atoms with Gasteiger partial charge in [-0.25, -0.2) is 4.68 Å². The zero-order valence-electron chi connectivity index (χ0n) is 17.5. The predicted octanol–water partition coefficient (Wildman–Crippen LogP) is 3.16. The summed E-state index contributed by atoms with van der Waals surface area (Å²) in [4.78, 5) is 36.9.